The minimum atomic E-state index is -3.78. The summed E-state index contributed by atoms with van der Waals surface area (Å²) < 4.78 is 28.3. The quantitative estimate of drug-likeness (QED) is 0.864. The zero-order chi connectivity index (χ0) is 18.0. The first-order valence-corrected chi connectivity index (χ1v) is 10.5. The van der Waals surface area contributed by atoms with Crippen molar-refractivity contribution in [2.75, 3.05) is 13.2 Å². The van der Waals surface area contributed by atoms with Crippen LogP contribution in [0.4, 0.5) is 0 Å². The maximum Gasteiger partial charge on any atom is 0.255 e. The normalized spacial score (nSPS) is 17.7. The number of thiophene rings is 1. The van der Waals surface area contributed by atoms with Gasteiger partial charge in [0.15, 0.2) is 0 Å². The van der Waals surface area contributed by atoms with Crippen LogP contribution in [-0.2, 0) is 10.0 Å². The Morgan fingerprint density at radius 1 is 1.36 bits per heavy atom. The molecular weight excluding hydrogens is 360 g/mol. The molecule has 3 rings (SSSR count). The fourth-order valence-electron chi connectivity index (χ4n) is 3.05. The second-order valence-corrected chi connectivity index (χ2v) is 8.56. The molecule has 0 spiro atoms. The second kappa shape index (κ2) is 7.15. The van der Waals surface area contributed by atoms with Gasteiger partial charge in [0.2, 0.25) is 10.0 Å². The predicted molar refractivity (Wildman–Crippen MR) is 96.3 cm³/mol. The zero-order valence-electron chi connectivity index (χ0n) is 13.8. The lowest BCUT2D eigenvalue weighted by molar-refractivity contribution is 0.0736. The van der Waals surface area contributed by atoms with E-state index in [0.29, 0.717) is 18.7 Å². The molecule has 1 aliphatic heterocycles. The summed E-state index contributed by atoms with van der Waals surface area (Å²) in [6.45, 7) is 3.19. The molecule has 1 saturated heterocycles. The average molecular weight is 380 g/mol. The standard InChI is InChI=1S/C17H20N2O4S2/c1-2-23-14-7-5-12(6-8-14)15-4-3-9-19(15)17(20)13-10-16(24-11-13)25(18,21)22/h5-8,10-11,15H,2-4,9H2,1H3,(H2,18,21,22). The van der Waals surface area contributed by atoms with E-state index in [2.05, 4.69) is 0 Å². The highest BCUT2D eigenvalue weighted by atomic mass is 32.2. The van der Waals surface area contributed by atoms with Gasteiger partial charge in [-0.3, -0.25) is 4.79 Å². The lowest BCUT2D eigenvalue weighted by Gasteiger charge is -2.25. The first-order valence-electron chi connectivity index (χ1n) is 8.05. The number of hydrogen-bond donors (Lipinski definition) is 1. The Balaban J connectivity index is 1.81. The molecule has 0 bridgehead atoms. The molecule has 0 saturated carbocycles. The number of carbonyl (C=O) groups is 1. The van der Waals surface area contributed by atoms with Gasteiger partial charge in [0.05, 0.1) is 18.2 Å². The maximum atomic E-state index is 12.8. The summed E-state index contributed by atoms with van der Waals surface area (Å²) in [6, 6.07) is 9.11. The number of amides is 1. The number of hydrogen-bond acceptors (Lipinski definition) is 5. The Morgan fingerprint density at radius 3 is 2.68 bits per heavy atom. The third kappa shape index (κ3) is 3.86. The van der Waals surface area contributed by atoms with Crippen LogP contribution in [0.3, 0.4) is 0 Å². The third-order valence-corrected chi connectivity index (χ3v) is 6.58. The van der Waals surface area contributed by atoms with Crippen LogP contribution in [0, 0.1) is 0 Å². The Hall–Kier alpha value is -1.90. The number of rotatable bonds is 5. The van der Waals surface area contributed by atoms with Crippen molar-refractivity contribution in [1.82, 2.24) is 4.90 Å². The van der Waals surface area contributed by atoms with Gasteiger partial charge >= 0.3 is 0 Å². The molecule has 2 N–H and O–H groups in total. The van der Waals surface area contributed by atoms with Crippen molar-refractivity contribution in [3.05, 3.63) is 46.8 Å². The number of nitrogens with two attached hydrogens (primary N) is 1. The number of likely N-dealkylation sites (tertiary alicyclic amines) is 1. The summed E-state index contributed by atoms with van der Waals surface area (Å²) >= 11 is 0.971. The SMILES string of the molecule is CCOc1ccc(C2CCCN2C(=O)c2csc(S(N)(=O)=O)c2)cc1. The summed E-state index contributed by atoms with van der Waals surface area (Å²) in [5, 5.41) is 6.68. The van der Waals surface area contributed by atoms with Crippen molar-refractivity contribution in [3.63, 3.8) is 0 Å². The Morgan fingerprint density at radius 2 is 2.08 bits per heavy atom. The molecular formula is C17H20N2O4S2. The monoisotopic (exact) mass is 380 g/mol. The van der Waals surface area contributed by atoms with Gasteiger partial charge in [-0.25, -0.2) is 13.6 Å². The lowest BCUT2D eigenvalue weighted by atomic mass is 10.0. The van der Waals surface area contributed by atoms with Crippen molar-refractivity contribution in [2.24, 2.45) is 5.14 Å². The number of ether oxygens (including phenoxy) is 1. The number of benzene rings is 1. The third-order valence-electron chi connectivity index (χ3n) is 4.19. The van der Waals surface area contributed by atoms with Crippen LogP contribution in [0.1, 0.15) is 41.7 Å². The van der Waals surface area contributed by atoms with Crippen LogP contribution in [-0.4, -0.2) is 32.4 Å². The van der Waals surface area contributed by atoms with Crippen molar-refractivity contribution in [2.45, 2.75) is 30.0 Å². The van der Waals surface area contributed by atoms with Crippen LogP contribution in [0.5, 0.6) is 5.75 Å². The molecule has 1 unspecified atom stereocenters. The molecule has 2 aromatic rings. The van der Waals surface area contributed by atoms with Crippen molar-refractivity contribution >= 4 is 27.3 Å². The van der Waals surface area contributed by atoms with Crippen molar-refractivity contribution < 1.29 is 17.9 Å². The fourth-order valence-corrected chi connectivity index (χ4v) is 4.63. The van der Waals surface area contributed by atoms with E-state index in [1.165, 1.54) is 6.07 Å². The fraction of sp³-hybridized carbons (Fsp3) is 0.353. The molecule has 1 aromatic heterocycles. The van der Waals surface area contributed by atoms with Gasteiger partial charge in [0.1, 0.15) is 9.96 Å². The number of sulfonamides is 1. The summed E-state index contributed by atoms with van der Waals surface area (Å²) in [5.41, 5.74) is 1.42. The van der Waals surface area contributed by atoms with Gasteiger partial charge in [-0.2, -0.15) is 0 Å². The minimum Gasteiger partial charge on any atom is -0.494 e. The van der Waals surface area contributed by atoms with E-state index >= 15 is 0 Å². The van der Waals surface area contributed by atoms with Gasteiger partial charge in [0.25, 0.3) is 5.91 Å². The van der Waals surface area contributed by atoms with Crippen molar-refractivity contribution in [3.8, 4) is 5.75 Å². The lowest BCUT2D eigenvalue weighted by Crippen LogP contribution is -2.30. The molecule has 134 valence electrons. The van der Waals surface area contributed by atoms with E-state index in [-0.39, 0.29) is 16.2 Å². The van der Waals surface area contributed by atoms with E-state index in [1.807, 2.05) is 31.2 Å². The molecule has 25 heavy (non-hydrogen) atoms. The van der Waals surface area contributed by atoms with Crippen LogP contribution >= 0.6 is 11.3 Å². The molecule has 8 heteroatoms. The first kappa shape index (κ1) is 17.9. The van der Waals surface area contributed by atoms with E-state index in [1.54, 1.807) is 10.3 Å². The summed E-state index contributed by atoms with van der Waals surface area (Å²) in [4.78, 5) is 14.6. The molecule has 1 atom stereocenters. The molecule has 1 aliphatic rings. The molecule has 1 fully saturated rings. The number of carbonyl (C=O) groups excluding carboxylic acids is 1. The summed E-state index contributed by atoms with van der Waals surface area (Å²) in [6.07, 6.45) is 1.79. The minimum absolute atomic E-state index is 0.00710. The highest BCUT2D eigenvalue weighted by Gasteiger charge is 2.31. The van der Waals surface area contributed by atoms with Crippen LogP contribution in [0.15, 0.2) is 39.9 Å². The molecule has 1 aromatic carbocycles. The molecule has 0 aliphatic carbocycles. The van der Waals surface area contributed by atoms with E-state index in [9.17, 15) is 13.2 Å². The maximum absolute atomic E-state index is 12.8. The predicted octanol–water partition coefficient (Wildman–Crippen LogP) is 2.77. The molecule has 1 amide bonds. The van der Waals surface area contributed by atoms with E-state index in [0.717, 1.165) is 35.5 Å². The Bertz CT molecular complexity index is 859. The molecule has 0 radical (unpaired) electrons. The van der Waals surface area contributed by atoms with Crippen LogP contribution < -0.4 is 9.88 Å². The number of primary sulfonamides is 1. The zero-order valence-corrected chi connectivity index (χ0v) is 15.5. The highest BCUT2D eigenvalue weighted by Crippen LogP contribution is 2.34. The highest BCUT2D eigenvalue weighted by molar-refractivity contribution is 7.91. The van der Waals surface area contributed by atoms with Gasteiger partial charge in [-0.1, -0.05) is 12.1 Å². The van der Waals surface area contributed by atoms with Crippen LogP contribution in [0.2, 0.25) is 0 Å². The second-order valence-electron chi connectivity index (χ2n) is 5.86. The van der Waals surface area contributed by atoms with Gasteiger partial charge < -0.3 is 9.64 Å². The largest absolute Gasteiger partial charge is 0.494 e. The van der Waals surface area contributed by atoms with Crippen molar-refractivity contribution in [1.29, 1.82) is 0 Å². The average Bonchev–Trinajstić information content (AvgIpc) is 3.24. The van der Waals surface area contributed by atoms with Gasteiger partial charge in [0, 0.05) is 11.9 Å². The summed E-state index contributed by atoms with van der Waals surface area (Å²) in [5.74, 6) is 0.639. The smallest absolute Gasteiger partial charge is 0.255 e. The summed E-state index contributed by atoms with van der Waals surface area (Å²) in [7, 11) is -3.78. The van der Waals surface area contributed by atoms with Gasteiger partial charge in [-0.05, 0) is 43.5 Å². The first-order chi connectivity index (χ1) is 11.9. The number of nitrogens with zero attached hydrogens (tertiary/aromatic N) is 1. The van der Waals surface area contributed by atoms with Crippen LogP contribution in [0.25, 0.3) is 0 Å². The molecule has 2 heterocycles. The Kier molecular flexibility index (Phi) is 5.12. The topological polar surface area (TPSA) is 89.7 Å². The van der Waals surface area contributed by atoms with Gasteiger partial charge in [-0.15, -0.1) is 11.3 Å². The van der Waals surface area contributed by atoms with E-state index in [4.69, 9.17) is 9.88 Å². The molecule has 6 nitrogen and oxygen atoms in total. The Labute approximate surface area is 151 Å². The van der Waals surface area contributed by atoms with E-state index < -0.39 is 10.0 Å².